The molecule has 1 aromatic rings. The molecule has 22 heavy (non-hydrogen) atoms. The van der Waals surface area contributed by atoms with E-state index in [0.29, 0.717) is 19.7 Å². The molecule has 0 saturated heterocycles. The number of aromatic nitrogens is 2. The maximum Gasteiger partial charge on any atom is 0.217 e. The summed E-state index contributed by atoms with van der Waals surface area (Å²) >= 11 is 0. The van der Waals surface area contributed by atoms with Crippen LogP contribution in [0.2, 0.25) is 0 Å². The molecule has 6 nitrogen and oxygen atoms in total. The number of aryl methyl sites for hydroxylation is 1. The van der Waals surface area contributed by atoms with E-state index in [1.165, 1.54) is 12.8 Å². The first-order chi connectivity index (χ1) is 10.6. The van der Waals surface area contributed by atoms with E-state index in [1.807, 2.05) is 11.6 Å². The zero-order valence-corrected chi connectivity index (χ0v) is 13.8. The van der Waals surface area contributed by atoms with Crippen molar-refractivity contribution in [2.24, 2.45) is 13.0 Å². The van der Waals surface area contributed by atoms with E-state index in [1.54, 1.807) is 10.6 Å². The number of ether oxygens (including phenoxy) is 1. The lowest BCUT2D eigenvalue weighted by atomic mass is 10.0. The van der Waals surface area contributed by atoms with Gasteiger partial charge in [-0.15, -0.1) is 0 Å². The average Bonchev–Trinajstić information content (AvgIpc) is 3.37. The van der Waals surface area contributed by atoms with Crippen LogP contribution in [-0.4, -0.2) is 47.3 Å². The van der Waals surface area contributed by atoms with Crippen LogP contribution in [0.3, 0.4) is 0 Å². The van der Waals surface area contributed by atoms with E-state index in [2.05, 4.69) is 4.98 Å². The lowest BCUT2D eigenvalue weighted by Gasteiger charge is -2.32. The molecular weight excluding hydrogens is 302 g/mol. The molecule has 2 heterocycles. The molecule has 0 bridgehead atoms. The highest BCUT2D eigenvalue weighted by Gasteiger charge is 2.43. The van der Waals surface area contributed by atoms with Crippen LogP contribution < -0.4 is 0 Å². The maximum atomic E-state index is 12.6. The molecule has 2 fully saturated rings. The van der Waals surface area contributed by atoms with Crippen molar-refractivity contribution in [3.8, 4) is 0 Å². The smallest absolute Gasteiger partial charge is 0.217 e. The van der Waals surface area contributed by atoms with E-state index < -0.39 is 10.0 Å². The molecule has 7 heteroatoms. The second-order valence-corrected chi connectivity index (χ2v) is 9.11. The summed E-state index contributed by atoms with van der Waals surface area (Å²) in [5.74, 6) is 0.810. The average molecular weight is 325 g/mol. The van der Waals surface area contributed by atoms with Crippen molar-refractivity contribution < 1.29 is 13.2 Å². The van der Waals surface area contributed by atoms with Gasteiger partial charge in [0.2, 0.25) is 10.0 Å². The number of imidazole rings is 1. The normalized spacial score (nSPS) is 26.1. The summed E-state index contributed by atoms with van der Waals surface area (Å²) < 4.78 is 34.6. The van der Waals surface area contributed by atoms with Crippen LogP contribution in [0, 0.1) is 5.92 Å². The van der Waals surface area contributed by atoms with Gasteiger partial charge < -0.3 is 9.30 Å². The summed E-state index contributed by atoms with van der Waals surface area (Å²) in [6.45, 7) is 2.32. The van der Waals surface area contributed by atoms with Crippen molar-refractivity contribution in [2.45, 2.75) is 43.4 Å². The molecule has 0 aromatic carbocycles. The van der Waals surface area contributed by atoms with Gasteiger partial charge in [0.1, 0.15) is 0 Å². The Morgan fingerprint density at radius 2 is 2.05 bits per heavy atom. The fraction of sp³-hybridized carbons (Fsp3) is 0.800. The summed E-state index contributed by atoms with van der Waals surface area (Å²) in [4.78, 5) is 4.41. The van der Waals surface area contributed by atoms with Crippen molar-refractivity contribution in [1.82, 2.24) is 13.9 Å². The minimum absolute atomic E-state index is 0.0866. The highest BCUT2D eigenvalue weighted by molar-refractivity contribution is 7.90. The fourth-order valence-corrected chi connectivity index (χ4v) is 5.10. The quantitative estimate of drug-likeness (QED) is 0.789. The first-order valence-corrected chi connectivity index (χ1v) is 9.63. The van der Waals surface area contributed by atoms with E-state index >= 15 is 0 Å². The van der Waals surface area contributed by atoms with E-state index in [-0.39, 0.29) is 11.2 Å². The Bertz CT molecular complexity index is 662. The lowest BCUT2D eigenvalue weighted by Crippen LogP contribution is -2.41. The molecule has 3 aliphatic rings. The second-order valence-electron chi connectivity index (χ2n) is 6.90. The predicted molar refractivity (Wildman–Crippen MR) is 81.8 cm³/mol. The number of sulfonamides is 1. The van der Waals surface area contributed by atoms with Gasteiger partial charge in [-0.3, -0.25) is 0 Å². The SMILES string of the molecule is Cn1cnc2c1[C@H](COCC1CC1)CN(S(=O)(=O)C1CC1)C2. The number of rotatable bonds is 6. The largest absolute Gasteiger partial charge is 0.380 e. The van der Waals surface area contributed by atoms with Gasteiger partial charge in [0.05, 0.1) is 30.4 Å². The Hall–Kier alpha value is -0.920. The van der Waals surface area contributed by atoms with Gasteiger partial charge >= 0.3 is 0 Å². The van der Waals surface area contributed by atoms with Gasteiger partial charge in [-0.25, -0.2) is 13.4 Å². The van der Waals surface area contributed by atoms with Gasteiger partial charge in [0.25, 0.3) is 0 Å². The number of hydrogen-bond acceptors (Lipinski definition) is 4. The summed E-state index contributed by atoms with van der Waals surface area (Å²) in [6, 6.07) is 0. The molecular formula is C15H23N3O3S. The molecule has 0 unspecified atom stereocenters. The molecule has 2 aliphatic carbocycles. The van der Waals surface area contributed by atoms with Crippen LogP contribution in [0.4, 0.5) is 0 Å². The third-order valence-corrected chi connectivity index (χ3v) is 7.19. The number of fused-ring (bicyclic) bond motifs is 1. The van der Waals surface area contributed by atoms with E-state index in [0.717, 1.165) is 36.8 Å². The predicted octanol–water partition coefficient (Wildman–Crippen LogP) is 1.24. The second kappa shape index (κ2) is 5.32. The maximum absolute atomic E-state index is 12.6. The molecule has 122 valence electrons. The van der Waals surface area contributed by atoms with E-state index in [4.69, 9.17) is 4.74 Å². The lowest BCUT2D eigenvalue weighted by molar-refractivity contribution is 0.0998. The standard InChI is InChI=1S/C15H23N3O3S/c1-17-10-16-14-7-18(22(19,20)13-4-5-13)6-12(15(14)17)9-21-8-11-2-3-11/h10-13H,2-9H2,1H3/t12-/m0/s1. The Kier molecular flexibility index (Phi) is 3.54. The van der Waals surface area contributed by atoms with Crippen LogP contribution in [0.25, 0.3) is 0 Å². The first-order valence-electron chi connectivity index (χ1n) is 8.12. The van der Waals surface area contributed by atoms with Crippen LogP contribution >= 0.6 is 0 Å². The van der Waals surface area contributed by atoms with Crippen molar-refractivity contribution in [3.63, 3.8) is 0 Å². The Morgan fingerprint density at radius 3 is 2.73 bits per heavy atom. The van der Waals surface area contributed by atoms with E-state index in [9.17, 15) is 8.42 Å². The van der Waals surface area contributed by atoms with Crippen LogP contribution in [-0.2, 0) is 28.4 Å². The highest BCUT2D eigenvalue weighted by Crippen LogP contribution is 2.36. The third-order valence-electron chi connectivity index (χ3n) is 4.87. The molecule has 0 spiro atoms. The monoisotopic (exact) mass is 325 g/mol. The summed E-state index contributed by atoms with van der Waals surface area (Å²) in [7, 11) is -1.18. The molecule has 4 rings (SSSR count). The minimum Gasteiger partial charge on any atom is -0.380 e. The summed E-state index contributed by atoms with van der Waals surface area (Å²) in [5, 5.41) is -0.161. The van der Waals surface area contributed by atoms with Gasteiger partial charge in [0.15, 0.2) is 0 Å². The molecule has 2 saturated carbocycles. The number of nitrogens with zero attached hydrogens (tertiary/aromatic N) is 3. The van der Waals surface area contributed by atoms with Gasteiger partial charge in [0, 0.05) is 31.8 Å². The van der Waals surface area contributed by atoms with Gasteiger partial charge in [-0.2, -0.15) is 4.31 Å². The van der Waals surface area contributed by atoms with Crippen molar-refractivity contribution in [3.05, 3.63) is 17.7 Å². The molecule has 0 radical (unpaired) electrons. The van der Waals surface area contributed by atoms with Crippen LogP contribution in [0.1, 0.15) is 43.0 Å². The molecule has 0 amide bonds. The first kappa shape index (κ1) is 14.7. The fourth-order valence-electron chi connectivity index (χ4n) is 3.26. The summed E-state index contributed by atoms with van der Waals surface area (Å²) in [5.41, 5.74) is 2.02. The summed E-state index contributed by atoms with van der Waals surface area (Å²) in [6.07, 6.45) is 5.92. The third kappa shape index (κ3) is 2.70. The van der Waals surface area contributed by atoms with Crippen molar-refractivity contribution >= 4 is 10.0 Å². The topological polar surface area (TPSA) is 64.4 Å². The van der Waals surface area contributed by atoms with Crippen LogP contribution in [0.15, 0.2) is 6.33 Å². The highest BCUT2D eigenvalue weighted by atomic mass is 32.2. The zero-order valence-electron chi connectivity index (χ0n) is 12.9. The van der Waals surface area contributed by atoms with Crippen molar-refractivity contribution in [2.75, 3.05) is 19.8 Å². The number of hydrogen-bond donors (Lipinski definition) is 0. The Morgan fingerprint density at radius 1 is 1.27 bits per heavy atom. The molecule has 1 aromatic heterocycles. The van der Waals surface area contributed by atoms with Gasteiger partial charge in [-0.1, -0.05) is 0 Å². The minimum atomic E-state index is -3.16. The Labute approximate surface area is 131 Å². The Balaban J connectivity index is 1.53. The van der Waals surface area contributed by atoms with Crippen molar-refractivity contribution in [1.29, 1.82) is 0 Å². The molecule has 0 N–H and O–H groups in total. The molecule has 1 aliphatic heterocycles. The van der Waals surface area contributed by atoms with Gasteiger partial charge in [-0.05, 0) is 31.6 Å². The zero-order chi connectivity index (χ0) is 15.3. The molecule has 1 atom stereocenters. The van der Waals surface area contributed by atoms with Crippen LogP contribution in [0.5, 0.6) is 0 Å².